The van der Waals surface area contributed by atoms with Crippen LogP contribution in [0.3, 0.4) is 0 Å². The summed E-state index contributed by atoms with van der Waals surface area (Å²) < 4.78 is 31.4. The molecule has 2 aliphatic rings. The second kappa shape index (κ2) is 5.76. The molecule has 7 nitrogen and oxygen atoms in total. The fourth-order valence-corrected chi connectivity index (χ4v) is 3.94. The molecule has 1 aromatic rings. The summed E-state index contributed by atoms with van der Waals surface area (Å²) >= 11 is 0. The molecule has 0 radical (unpaired) electrons. The van der Waals surface area contributed by atoms with Crippen LogP contribution in [0.4, 0.5) is 0 Å². The molecule has 0 atom stereocenters. The van der Waals surface area contributed by atoms with Crippen LogP contribution in [0.15, 0.2) is 6.07 Å². The van der Waals surface area contributed by atoms with Gasteiger partial charge in [0, 0.05) is 24.8 Å². The molecule has 0 bridgehead atoms. The van der Waals surface area contributed by atoms with Gasteiger partial charge >= 0.3 is 0 Å². The summed E-state index contributed by atoms with van der Waals surface area (Å²) in [6.07, 6.45) is 3.60. The van der Waals surface area contributed by atoms with Gasteiger partial charge in [0.15, 0.2) is 5.69 Å². The van der Waals surface area contributed by atoms with Crippen LogP contribution in [0.1, 0.15) is 47.8 Å². The molecule has 1 saturated carbocycles. The molecular weight excluding hydrogens is 294 g/mol. The first kappa shape index (κ1) is 14.5. The van der Waals surface area contributed by atoms with E-state index >= 15 is 0 Å². The van der Waals surface area contributed by atoms with Crippen molar-refractivity contribution < 1.29 is 17.9 Å². The Hall–Kier alpha value is -1.41. The van der Waals surface area contributed by atoms with Gasteiger partial charge in [-0.25, -0.2) is 13.1 Å². The van der Waals surface area contributed by atoms with Crippen molar-refractivity contribution in [3.63, 3.8) is 0 Å². The average Bonchev–Trinajstić information content (AvgIpc) is 3.16. The molecule has 0 spiro atoms. The fraction of sp³-hybridized carbons (Fsp3) is 0.692. The van der Waals surface area contributed by atoms with Crippen molar-refractivity contribution in [2.24, 2.45) is 5.92 Å². The Morgan fingerprint density at radius 1 is 1.33 bits per heavy atom. The van der Waals surface area contributed by atoms with E-state index in [0.29, 0.717) is 32.0 Å². The first-order chi connectivity index (χ1) is 10.0. The molecule has 1 aliphatic heterocycles. The number of sulfonamides is 1. The van der Waals surface area contributed by atoms with E-state index in [0.717, 1.165) is 18.5 Å². The number of hydrogen-bond donors (Lipinski definition) is 2. The number of carbonyl (C=O) groups excluding carboxylic acids is 1. The largest absolute Gasteiger partial charge is 0.381 e. The Bertz CT molecular complexity index is 615. The van der Waals surface area contributed by atoms with Gasteiger partial charge in [-0.1, -0.05) is 0 Å². The molecule has 0 unspecified atom stereocenters. The van der Waals surface area contributed by atoms with Crippen molar-refractivity contribution in [1.29, 1.82) is 0 Å². The van der Waals surface area contributed by atoms with E-state index in [1.54, 1.807) is 6.07 Å². The zero-order valence-corrected chi connectivity index (χ0v) is 12.5. The molecule has 1 aliphatic carbocycles. The monoisotopic (exact) mass is 313 g/mol. The number of rotatable bonds is 5. The van der Waals surface area contributed by atoms with E-state index in [-0.39, 0.29) is 17.4 Å². The number of hydrogen-bond acceptors (Lipinski definition) is 5. The number of aromatic nitrogens is 2. The minimum Gasteiger partial charge on any atom is -0.381 e. The van der Waals surface area contributed by atoms with Crippen LogP contribution in [-0.2, 0) is 14.8 Å². The average molecular weight is 313 g/mol. The fourth-order valence-electron chi connectivity index (χ4n) is 2.51. The molecule has 0 aromatic carbocycles. The van der Waals surface area contributed by atoms with Gasteiger partial charge in [-0.05, 0) is 37.7 Å². The molecule has 2 heterocycles. The molecular formula is C13H19N3O4S. The molecule has 2 N–H and O–H groups in total. The van der Waals surface area contributed by atoms with E-state index in [1.165, 1.54) is 0 Å². The third-order valence-electron chi connectivity index (χ3n) is 3.89. The summed E-state index contributed by atoms with van der Waals surface area (Å²) in [4.78, 5) is 12.0. The highest BCUT2D eigenvalue weighted by molar-refractivity contribution is 7.90. The summed E-state index contributed by atoms with van der Waals surface area (Å²) in [5.74, 6) is -0.212. The molecule has 116 valence electrons. The van der Waals surface area contributed by atoms with E-state index in [2.05, 4.69) is 14.9 Å². The van der Waals surface area contributed by atoms with Crippen LogP contribution in [0.25, 0.3) is 0 Å². The lowest BCUT2D eigenvalue weighted by molar-refractivity contribution is 0.0722. The number of nitrogens with one attached hydrogen (secondary N) is 2. The Kier molecular flexibility index (Phi) is 3.99. The van der Waals surface area contributed by atoms with E-state index in [1.807, 2.05) is 0 Å². The van der Waals surface area contributed by atoms with Gasteiger partial charge in [-0.3, -0.25) is 9.89 Å². The highest BCUT2D eigenvalue weighted by Gasteiger charge is 2.28. The molecule has 8 heteroatoms. The summed E-state index contributed by atoms with van der Waals surface area (Å²) in [6.45, 7) is 1.16. The van der Waals surface area contributed by atoms with E-state index in [4.69, 9.17) is 4.74 Å². The zero-order chi connectivity index (χ0) is 14.9. The molecule has 1 saturated heterocycles. The lowest BCUT2D eigenvalue weighted by Gasteiger charge is -2.21. The second-order valence-electron chi connectivity index (χ2n) is 5.75. The Morgan fingerprint density at radius 3 is 2.71 bits per heavy atom. The number of H-pyrrole nitrogens is 1. The maximum Gasteiger partial charge on any atom is 0.285 e. The molecule has 1 amide bonds. The van der Waals surface area contributed by atoms with Gasteiger partial charge in [0.05, 0.1) is 5.75 Å². The third kappa shape index (κ3) is 3.82. The van der Waals surface area contributed by atoms with Gasteiger partial charge < -0.3 is 4.74 Å². The number of aromatic amines is 1. The smallest absolute Gasteiger partial charge is 0.285 e. The standard InChI is InChI=1S/C13H19N3O4S/c17-13(12-7-11(14-15-12)10-1-2-10)16-21(18,19)8-9-3-5-20-6-4-9/h7,9-10H,1-6,8H2,(H,14,15)(H,16,17). The van der Waals surface area contributed by atoms with Crippen molar-refractivity contribution in [2.75, 3.05) is 19.0 Å². The zero-order valence-electron chi connectivity index (χ0n) is 11.7. The molecule has 3 rings (SSSR count). The quantitative estimate of drug-likeness (QED) is 0.836. The van der Waals surface area contributed by atoms with Crippen LogP contribution >= 0.6 is 0 Å². The summed E-state index contributed by atoms with van der Waals surface area (Å²) in [7, 11) is -3.63. The van der Waals surface area contributed by atoms with Crippen molar-refractivity contribution in [3.8, 4) is 0 Å². The normalized spacial score (nSPS) is 20.4. The van der Waals surface area contributed by atoms with Crippen LogP contribution in [0.5, 0.6) is 0 Å². The summed E-state index contributed by atoms with van der Waals surface area (Å²) in [5, 5.41) is 6.68. The van der Waals surface area contributed by atoms with Crippen LogP contribution in [0, 0.1) is 5.92 Å². The number of carbonyl (C=O) groups is 1. The van der Waals surface area contributed by atoms with Gasteiger partial charge in [0.2, 0.25) is 10.0 Å². The number of amides is 1. The SMILES string of the molecule is O=C(NS(=O)(=O)CC1CCOCC1)c1cc(C2CC2)[nH]n1. The Balaban J connectivity index is 1.59. The molecule has 2 fully saturated rings. The van der Waals surface area contributed by atoms with Crippen molar-refractivity contribution in [3.05, 3.63) is 17.5 Å². The maximum absolute atomic E-state index is 12.0. The highest BCUT2D eigenvalue weighted by atomic mass is 32.2. The summed E-state index contributed by atoms with van der Waals surface area (Å²) in [5.41, 5.74) is 1.04. The second-order valence-corrected chi connectivity index (χ2v) is 7.52. The van der Waals surface area contributed by atoms with Crippen molar-refractivity contribution >= 4 is 15.9 Å². The van der Waals surface area contributed by atoms with Crippen molar-refractivity contribution in [1.82, 2.24) is 14.9 Å². The predicted molar refractivity (Wildman–Crippen MR) is 75.4 cm³/mol. The lowest BCUT2D eigenvalue weighted by atomic mass is 10.0. The minimum absolute atomic E-state index is 0.0397. The van der Waals surface area contributed by atoms with Crippen molar-refractivity contribution in [2.45, 2.75) is 31.6 Å². The molecule has 21 heavy (non-hydrogen) atoms. The van der Waals surface area contributed by atoms with Crippen LogP contribution in [0.2, 0.25) is 0 Å². The number of nitrogens with zero attached hydrogens (tertiary/aromatic N) is 1. The predicted octanol–water partition coefficient (Wildman–Crippen LogP) is 0.773. The van der Waals surface area contributed by atoms with E-state index < -0.39 is 15.9 Å². The van der Waals surface area contributed by atoms with Gasteiger partial charge in [0.1, 0.15) is 0 Å². The first-order valence-corrected chi connectivity index (χ1v) is 8.86. The van der Waals surface area contributed by atoms with Crippen LogP contribution in [-0.4, -0.2) is 43.5 Å². The van der Waals surface area contributed by atoms with Gasteiger partial charge in [-0.2, -0.15) is 5.10 Å². The Morgan fingerprint density at radius 2 is 2.05 bits per heavy atom. The van der Waals surface area contributed by atoms with E-state index in [9.17, 15) is 13.2 Å². The lowest BCUT2D eigenvalue weighted by Crippen LogP contribution is -2.36. The van der Waals surface area contributed by atoms with Gasteiger partial charge in [-0.15, -0.1) is 0 Å². The van der Waals surface area contributed by atoms with Gasteiger partial charge in [0.25, 0.3) is 5.91 Å². The highest BCUT2D eigenvalue weighted by Crippen LogP contribution is 2.38. The first-order valence-electron chi connectivity index (χ1n) is 7.21. The minimum atomic E-state index is -3.63. The topological polar surface area (TPSA) is 101 Å². The third-order valence-corrected chi connectivity index (χ3v) is 5.30. The maximum atomic E-state index is 12.0. The van der Waals surface area contributed by atoms with Crippen LogP contribution < -0.4 is 4.72 Å². The molecule has 1 aromatic heterocycles. The Labute approximate surface area is 123 Å². The summed E-state index contributed by atoms with van der Waals surface area (Å²) in [6, 6.07) is 1.64. The number of ether oxygens (including phenoxy) is 1.